The maximum absolute atomic E-state index is 10.8. The van der Waals surface area contributed by atoms with E-state index in [4.69, 9.17) is 23.2 Å². The van der Waals surface area contributed by atoms with E-state index in [1.807, 2.05) is 4.90 Å². The van der Waals surface area contributed by atoms with Crippen LogP contribution in [0.4, 0.5) is 11.4 Å². The number of nitrogens with zero attached hydrogens (tertiary/aromatic N) is 2. The van der Waals surface area contributed by atoms with Gasteiger partial charge in [-0.1, -0.05) is 23.2 Å². The van der Waals surface area contributed by atoms with Gasteiger partial charge in [-0.05, 0) is 25.7 Å². The molecule has 2 rings (SSSR count). The maximum Gasteiger partial charge on any atom is 0.272 e. The van der Waals surface area contributed by atoms with Crippen LogP contribution in [0, 0.1) is 16.0 Å². The fourth-order valence-corrected chi connectivity index (χ4v) is 3.28. The summed E-state index contributed by atoms with van der Waals surface area (Å²) >= 11 is 12.3. The number of piperidine rings is 1. The summed E-state index contributed by atoms with van der Waals surface area (Å²) < 4.78 is 0. The number of rotatable bonds is 3. The molecule has 20 heavy (non-hydrogen) atoms. The van der Waals surface area contributed by atoms with Gasteiger partial charge in [0.1, 0.15) is 0 Å². The van der Waals surface area contributed by atoms with E-state index >= 15 is 0 Å². The van der Waals surface area contributed by atoms with Gasteiger partial charge in [0.2, 0.25) is 0 Å². The minimum atomic E-state index is -0.513. The van der Waals surface area contributed by atoms with Crippen LogP contribution in [-0.2, 0) is 0 Å². The fourth-order valence-electron chi connectivity index (χ4n) is 2.57. The first-order valence-electron chi connectivity index (χ1n) is 6.46. The molecule has 1 atom stereocenters. The van der Waals surface area contributed by atoms with Gasteiger partial charge >= 0.3 is 0 Å². The molecule has 1 saturated heterocycles. The zero-order valence-electron chi connectivity index (χ0n) is 11.1. The molecular weight excluding hydrogens is 303 g/mol. The van der Waals surface area contributed by atoms with Gasteiger partial charge in [-0.15, -0.1) is 0 Å². The molecule has 0 amide bonds. The van der Waals surface area contributed by atoms with Crippen LogP contribution < -0.4 is 4.90 Å². The summed E-state index contributed by atoms with van der Waals surface area (Å²) in [7, 11) is 0. The quantitative estimate of drug-likeness (QED) is 0.684. The Bertz CT molecular complexity index is 491. The van der Waals surface area contributed by atoms with Crippen LogP contribution in [0.1, 0.15) is 19.8 Å². The fraction of sp³-hybridized carbons (Fsp3) is 0.538. The average Bonchev–Trinajstić information content (AvgIpc) is 2.38. The Morgan fingerprint density at radius 1 is 1.35 bits per heavy atom. The number of nitro benzene ring substituents is 1. The number of hydrogen-bond acceptors (Lipinski definition) is 4. The summed E-state index contributed by atoms with van der Waals surface area (Å²) in [6.45, 7) is 3.26. The monoisotopic (exact) mass is 318 g/mol. The normalized spacial score (nSPS) is 18.1. The third-order valence-corrected chi connectivity index (χ3v) is 4.33. The van der Waals surface area contributed by atoms with E-state index in [1.165, 1.54) is 12.1 Å². The summed E-state index contributed by atoms with van der Waals surface area (Å²) in [5.41, 5.74) is 0.533. The molecule has 1 unspecified atom stereocenters. The minimum absolute atomic E-state index is 0.109. The first kappa shape index (κ1) is 15.4. The molecular formula is C13H16Cl2N2O3. The number of benzene rings is 1. The zero-order valence-corrected chi connectivity index (χ0v) is 12.6. The zero-order chi connectivity index (χ0) is 14.9. The van der Waals surface area contributed by atoms with Crippen LogP contribution in [0.3, 0.4) is 0 Å². The second-order valence-electron chi connectivity index (χ2n) is 5.08. The summed E-state index contributed by atoms with van der Waals surface area (Å²) in [6.07, 6.45) is 1.38. The predicted octanol–water partition coefficient (Wildman–Crippen LogP) is 3.50. The lowest BCUT2D eigenvalue weighted by molar-refractivity contribution is -0.384. The average molecular weight is 319 g/mol. The van der Waals surface area contributed by atoms with Crippen molar-refractivity contribution in [2.75, 3.05) is 18.0 Å². The highest BCUT2D eigenvalue weighted by atomic mass is 35.5. The molecule has 0 saturated carbocycles. The molecule has 1 aliphatic heterocycles. The number of aliphatic hydroxyl groups is 1. The van der Waals surface area contributed by atoms with Crippen LogP contribution in [0.25, 0.3) is 0 Å². The van der Waals surface area contributed by atoms with Crippen molar-refractivity contribution in [1.29, 1.82) is 0 Å². The van der Waals surface area contributed by atoms with E-state index in [1.54, 1.807) is 6.92 Å². The Morgan fingerprint density at radius 3 is 2.25 bits per heavy atom. The summed E-state index contributed by atoms with van der Waals surface area (Å²) in [5, 5.41) is 20.9. The topological polar surface area (TPSA) is 66.6 Å². The highest BCUT2D eigenvalue weighted by Gasteiger charge is 2.26. The van der Waals surface area contributed by atoms with Gasteiger partial charge in [-0.25, -0.2) is 0 Å². The van der Waals surface area contributed by atoms with Crippen molar-refractivity contribution < 1.29 is 10.0 Å². The molecule has 1 heterocycles. The SMILES string of the molecule is CC(O)C1CCN(c2c(Cl)cc([N+](=O)[O-])cc2Cl)CC1. The number of nitro groups is 1. The van der Waals surface area contributed by atoms with Gasteiger partial charge in [0.05, 0.1) is 26.8 Å². The highest BCUT2D eigenvalue weighted by Crippen LogP contribution is 2.39. The molecule has 7 heteroatoms. The lowest BCUT2D eigenvalue weighted by Crippen LogP contribution is -2.37. The van der Waals surface area contributed by atoms with Crippen LogP contribution in [-0.4, -0.2) is 29.2 Å². The van der Waals surface area contributed by atoms with Crippen LogP contribution >= 0.6 is 23.2 Å². The van der Waals surface area contributed by atoms with Gasteiger partial charge in [-0.2, -0.15) is 0 Å². The molecule has 5 nitrogen and oxygen atoms in total. The summed E-state index contributed by atoms with van der Waals surface area (Å²) in [4.78, 5) is 12.3. The van der Waals surface area contributed by atoms with E-state index in [9.17, 15) is 15.2 Å². The molecule has 0 aliphatic carbocycles. The molecule has 0 spiro atoms. The molecule has 1 N–H and O–H groups in total. The largest absolute Gasteiger partial charge is 0.393 e. The number of aliphatic hydroxyl groups excluding tert-OH is 1. The van der Waals surface area contributed by atoms with Crippen molar-refractivity contribution in [3.63, 3.8) is 0 Å². The number of hydrogen-bond donors (Lipinski definition) is 1. The van der Waals surface area contributed by atoms with Gasteiger partial charge in [-0.3, -0.25) is 10.1 Å². The Kier molecular flexibility index (Phi) is 4.73. The Balaban J connectivity index is 2.20. The van der Waals surface area contributed by atoms with E-state index in [2.05, 4.69) is 0 Å². The van der Waals surface area contributed by atoms with E-state index in [0.29, 0.717) is 15.7 Å². The molecule has 1 aromatic rings. The predicted molar refractivity (Wildman–Crippen MR) is 79.7 cm³/mol. The minimum Gasteiger partial charge on any atom is -0.393 e. The smallest absolute Gasteiger partial charge is 0.272 e. The lowest BCUT2D eigenvalue weighted by Gasteiger charge is -2.35. The summed E-state index contributed by atoms with van der Waals surface area (Å²) in [5.74, 6) is 0.279. The van der Waals surface area contributed by atoms with Crippen molar-refractivity contribution in [3.8, 4) is 0 Å². The van der Waals surface area contributed by atoms with Crippen molar-refractivity contribution >= 4 is 34.6 Å². The lowest BCUT2D eigenvalue weighted by atomic mass is 9.92. The van der Waals surface area contributed by atoms with Gasteiger partial charge in [0, 0.05) is 25.2 Å². The Hall–Kier alpha value is -1.04. The number of non-ortho nitro benzene ring substituents is 1. The van der Waals surface area contributed by atoms with Gasteiger partial charge in [0.25, 0.3) is 5.69 Å². The van der Waals surface area contributed by atoms with Crippen molar-refractivity contribution in [2.24, 2.45) is 5.92 Å². The second kappa shape index (κ2) is 6.16. The van der Waals surface area contributed by atoms with Crippen molar-refractivity contribution in [3.05, 3.63) is 32.3 Å². The van der Waals surface area contributed by atoms with E-state index < -0.39 is 4.92 Å². The first-order valence-corrected chi connectivity index (χ1v) is 7.22. The first-order chi connectivity index (χ1) is 9.40. The molecule has 0 bridgehead atoms. The Labute approximate surface area is 127 Å². The molecule has 0 radical (unpaired) electrons. The van der Waals surface area contributed by atoms with Crippen LogP contribution in [0.2, 0.25) is 10.0 Å². The van der Waals surface area contributed by atoms with Gasteiger partial charge < -0.3 is 10.0 Å². The standard InChI is InChI=1S/C13H16Cl2N2O3/c1-8(18)9-2-4-16(5-3-9)13-11(14)6-10(17(19)20)7-12(13)15/h6-9,18H,2-5H2,1H3. The van der Waals surface area contributed by atoms with E-state index in [-0.39, 0.29) is 17.7 Å². The van der Waals surface area contributed by atoms with Gasteiger partial charge in [0.15, 0.2) is 0 Å². The highest BCUT2D eigenvalue weighted by molar-refractivity contribution is 6.39. The van der Waals surface area contributed by atoms with Crippen LogP contribution in [0.5, 0.6) is 0 Å². The Morgan fingerprint density at radius 2 is 1.85 bits per heavy atom. The number of halogens is 2. The van der Waals surface area contributed by atoms with E-state index in [0.717, 1.165) is 25.9 Å². The number of anilines is 1. The maximum atomic E-state index is 10.8. The van der Waals surface area contributed by atoms with Crippen molar-refractivity contribution in [1.82, 2.24) is 0 Å². The molecule has 0 aromatic heterocycles. The molecule has 1 fully saturated rings. The summed E-state index contributed by atoms with van der Waals surface area (Å²) in [6, 6.07) is 2.65. The van der Waals surface area contributed by atoms with Crippen molar-refractivity contribution in [2.45, 2.75) is 25.9 Å². The second-order valence-corrected chi connectivity index (χ2v) is 5.89. The van der Waals surface area contributed by atoms with Crippen LogP contribution in [0.15, 0.2) is 12.1 Å². The third-order valence-electron chi connectivity index (χ3n) is 3.75. The molecule has 1 aliphatic rings. The molecule has 1 aromatic carbocycles. The molecule has 110 valence electrons. The third kappa shape index (κ3) is 3.16.